The summed E-state index contributed by atoms with van der Waals surface area (Å²) in [4.78, 5) is 16.2. The molecule has 1 heterocycles. The summed E-state index contributed by atoms with van der Waals surface area (Å²) in [6.07, 6.45) is 4.05. The Morgan fingerprint density at radius 3 is 2.74 bits per heavy atom. The van der Waals surface area contributed by atoms with Gasteiger partial charge in [0, 0.05) is 13.1 Å². The van der Waals surface area contributed by atoms with Crippen LogP contribution in [0.2, 0.25) is 0 Å². The van der Waals surface area contributed by atoms with E-state index in [9.17, 15) is 9.90 Å². The molecule has 0 aromatic heterocycles. The Balaban J connectivity index is 2.22. The van der Waals surface area contributed by atoms with Gasteiger partial charge >= 0.3 is 6.03 Å². The number of piperidine rings is 1. The van der Waals surface area contributed by atoms with Crippen LogP contribution in [0, 0.1) is 0 Å². The molecular formula is C14H29N3O2. The van der Waals surface area contributed by atoms with Crippen molar-refractivity contribution in [3.8, 4) is 0 Å². The lowest BCUT2D eigenvalue weighted by Crippen LogP contribution is -2.50. The van der Waals surface area contributed by atoms with E-state index in [0.29, 0.717) is 6.54 Å². The Hall–Kier alpha value is -0.810. The third-order valence-electron chi connectivity index (χ3n) is 3.92. The Kier molecular flexibility index (Phi) is 7.82. The van der Waals surface area contributed by atoms with Gasteiger partial charge in [-0.2, -0.15) is 0 Å². The number of hydrogen-bond donors (Lipinski definition) is 2. The first kappa shape index (κ1) is 16.2. The van der Waals surface area contributed by atoms with Crippen LogP contribution in [-0.4, -0.2) is 66.3 Å². The summed E-state index contributed by atoms with van der Waals surface area (Å²) in [5.41, 5.74) is 0. The zero-order valence-electron chi connectivity index (χ0n) is 12.4. The lowest BCUT2D eigenvalue weighted by molar-refractivity contribution is 0.108. The van der Waals surface area contributed by atoms with Crippen molar-refractivity contribution in [1.82, 2.24) is 15.1 Å². The number of nitrogens with zero attached hydrogens (tertiary/aromatic N) is 2. The lowest BCUT2D eigenvalue weighted by atomic mass is 10.0. The number of carbonyl (C=O) groups is 1. The first-order valence-corrected chi connectivity index (χ1v) is 7.60. The maximum atomic E-state index is 12.0. The van der Waals surface area contributed by atoms with Crippen LogP contribution in [0.15, 0.2) is 0 Å². The predicted molar refractivity (Wildman–Crippen MR) is 77.2 cm³/mol. The second kappa shape index (κ2) is 9.15. The van der Waals surface area contributed by atoms with Crippen molar-refractivity contribution in [3.05, 3.63) is 0 Å². The van der Waals surface area contributed by atoms with E-state index in [2.05, 4.69) is 24.1 Å². The molecule has 1 rings (SSSR count). The SMILES string of the molecule is CCN(CC)CCCNC(=O)N1CCCCC1CO. The maximum absolute atomic E-state index is 12.0. The highest BCUT2D eigenvalue weighted by molar-refractivity contribution is 5.74. The number of urea groups is 1. The zero-order valence-corrected chi connectivity index (χ0v) is 12.4. The van der Waals surface area contributed by atoms with Crippen molar-refractivity contribution in [2.45, 2.75) is 45.6 Å². The van der Waals surface area contributed by atoms with Gasteiger partial charge in [-0.25, -0.2) is 4.79 Å². The summed E-state index contributed by atoms with van der Waals surface area (Å²) >= 11 is 0. The topological polar surface area (TPSA) is 55.8 Å². The molecule has 1 aliphatic heterocycles. The largest absolute Gasteiger partial charge is 0.394 e. The Morgan fingerprint density at radius 2 is 2.11 bits per heavy atom. The first-order chi connectivity index (χ1) is 9.22. The fourth-order valence-corrected chi connectivity index (χ4v) is 2.60. The van der Waals surface area contributed by atoms with Crippen LogP contribution in [0.25, 0.3) is 0 Å². The van der Waals surface area contributed by atoms with Gasteiger partial charge in [-0.05, 0) is 45.3 Å². The van der Waals surface area contributed by atoms with Crippen LogP contribution in [0.1, 0.15) is 39.5 Å². The minimum atomic E-state index is -0.0155. The summed E-state index contributed by atoms with van der Waals surface area (Å²) < 4.78 is 0. The van der Waals surface area contributed by atoms with Crippen molar-refractivity contribution in [2.75, 3.05) is 39.3 Å². The van der Waals surface area contributed by atoms with Crippen molar-refractivity contribution in [2.24, 2.45) is 0 Å². The van der Waals surface area contributed by atoms with E-state index in [1.54, 1.807) is 4.90 Å². The van der Waals surface area contributed by atoms with Crippen LogP contribution in [0.5, 0.6) is 0 Å². The molecular weight excluding hydrogens is 242 g/mol. The van der Waals surface area contributed by atoms with Crippen LogP contribution in [0.3, 0.4) is 0 Å². The molecule has 5 heteroatoms. The van der Waals surface area contributed by atoms with E-state index in [1.807, 2.05) is 0 Å². The molecule has 0 saturated carbocycles. The van der Waals surface area contributed by atoms with Gasteiger partial charge < -0.3 is 20.2 Å². The Bertz CT molecular complexity index is 257. The maximum Gasteiger partial charge on any atom is 0.317 e. The third-order valence-corrected chi connectivity index (χ3v) is 3.92. The van der Waals surface area contributed by atoms with E-state index >= 15 is 0 Å². The van der Waals surface area contributed by atoms with Gasteiger partial charge in [0.1, 0.15) is 0 Å². The second-order valence-corrected chi connectivity index (χ2v) is 5.14. The highest BCUT2D eigenvalue weighted by atomic mass is 16.3. The number of aliphatic hydroxyl groups is 1. The van der Waals surface area contributed by atoms with E-state index in [4.69, 9.17) is 0 Å². The molecule has 0 aliphatic carbocycles. The minimum absolute atomic E-state index is 0.0107. The number of hydrogen-bond acceptors (Lipinski definition) is 3. The summed E-state index contributed by atoms with van der Waals surface area (Å²) in [7, 11) is 0. The molecule has 2 N–H and O–H groups in total. The van der Waals surface area contributed by atoms with E-state index in [0.717, 1.165) is 51.9 Å². The molecule has 5 nitrogen and oxygen atoms in total. The normalized spacial score (nSPS) is 19.8. The van der Waals surface area contributed by atoms with Gasteiger partial charge in [-0.15, -0.1) is 0 Å². The summed E-state index contributed by atoms with van der Waals surface area (Å²) in [5.74, 6) is 0. The standard InChI is InChI=1S/C14H29N3O2/c1-3-16(4-2)10-7-9-15-14(19)17-11-6-5-8-13(17)12-18/h13,18H,3-12H2,1-2H3,(H,15,19). The van der Waals surface area contributed by atoms with E-state index in [-0.39, 0.29) is 18.7 Å². The molecule has 0 bridgehead atoms. The zero-order chi connectivity index (χ0) is 14.1. The Morgan fingerprint density at radius 1 is 1.37 bits per heavy atom. The number of carbonyl (C=O) groups excluding carboxylic acids is 1. The summed E-state index contributed by atoms with van der Waals surface area (Å²) in [5, 5.41) is 12.3. The highest BCUT2D eigenvalue weighted by Gasteiger charge is 2.25. The first-order valence-electron chi connectivity index (χ1n) is 7.60. The minimum Gasteiger partial charge on any atom is -0.394 e. The smallest absolute Gasteiger partial charge is 0.317 e. The number of nitrogens with one attached hydrogen (secondary N) is 1. The number of aliphatic hydroxyl groups excluding tert-OH is 1. The van der Waals surface area contributed by atoms with Crippen molar-refractivity contribution >= 4 is 6.03 Å². The number of rotatable bonds is 7. The van der Waals surface area contributed by atoms with E-state index < -0.39 is 0 Å². The summed E-state index contributed by atoms with van der Waals surface area (Å²) in [6.45, 7) is 9.01. The molecule has 0 aromatic rings. The molecule has 112 valence electrons. The Labute approximate surface area is 117 Å². The van der Waals surface area contributed by atoms with Crippen molar-refractivity contribution in [1.29, 1.82) is 0 Å². The van der Waals surface area contributed by atoms with Crippen LogP contribution in [-0.2, 0) is 0 Å². The van der Waals surface area contributed by atoms with Gasteiger partial charge in [0.25, 0.3) is 0 Å². The van der Waals surface area contributed by atoms with Crippen molar-refractivity contribution in [3.63, 3.8) is 0 Å². The molecule has 0 spiro atoms. The van der Waals surface area contributed by atoms with Gasteiger partial charge in [0.15, 0.2) is 0 Å². The quantitative estimate of drug-likeness (QED) is 0.686. The third kappa shape index (κ3) is 5.37. The number of likely N-dealkylation sites (tertiary alicyclic amines) is 1. The predicted octanol–water partition coefficient (Wildman–Crippen LogP) is 1.27. The fraction of sp³-hybridized carbons (Fsp3) is 0.929. The summed E-state index contributed by atoms with van der Waals surface area (Å²) in [6, 6.07) is -0.00479. The molecule has 1 saturated heterocycles. The van der Waals surface area contributed by atoms with Crippen molar-refractivity contribution < 1.29 is 9.90 Å². The monoisotopic (exact) mass is 271 g/mol. The highest BCUT2D eigenvalue weighted by Crippen LogP contribution is 2.16. The molecule has 19 heavy (non-hydrogen) atoms. The van der Waals surface area contributed by atoms with Crippen LogP contribution < -0.4 is 5.32 Å². The molecule has 1 unspecified atom stereocenters. The molecule has 2 amide bonds. The van der Waals surface area contributed by atoms with Gasteiger partial charge in [0.05, 0.1) is 12.6 Å². The molecule has 1 atom stereocenters. The average Bonchev–Trinajstić information content (AvgIpc) is 2.47. The van der Waals surface area contributed by atoms with Crippen LogP contribution in [0.4, 0.5) is 4.79 Å². The molecule has 1 aliphatic rings. The van der Waals surface area contributed by atoms with Gasteiger partial charge in [-0.1, -0.05) is 13.8 Å². The van der Waals surface area contributed by atoms with Crippen LogP contribution >= 0.6 is 0 Å². The number of amides is 2. The fourth-order valence-electron chi connectivity index (χ4n) is 2.60. The van der Waals surface area contributed by atoms with E-state index in [1.165, 1.54) is 0 Å². The van der Waals surface area contributed by atoms with Gasteiger partial charge in [0.2, 0.25) is 0 Å². The molecule has 1 fully saturated rings. The molecule has 0 aromatic carbocycles. The second-order valence-electron chi connectivity index (χ2n) is 5.14. The molecule has 0 radical (unpaired) electrons. The lowest BCUT2D eigenvalue weighted by Gasteiger charge is -2.34. The van der Waals surface area contributed by atoms with Gasteiger partial charge in [-0.3, -0.25) is 0 Å². The average molecular weight is 271 g/mol.